The summed E-state index contributed by atoms with van der Waals surface area (Å²) < 4.78 is 27.0. The lowest BCUT2D eigenvalue weighted by atomic mass is 10.2. The number of hydrogen-bond acceptors (Lipinski definition) is 3. The van der Waals surface area contributed by atoms with Crippen molar-refractivity contribution >= 4 is 44.6 Å². The maximum Gasteiger partial charge on any atom is 0.243 e. The van der Waals surface area contributed by atoms with E-state index in [-0.39, 0.29) is 0 Å². The van der Waals surface area contributed by atoms with E-state index in [0.717, 1.165) is 11.3 Å². The van der Waals surface area contributed by atoms with Crippen molar-refractivity contribution in [3.8, 4) is 0 Å². The molecule has 1 aliphatic rings. The smallest absolute Gasteiger partial charge is 0.243 e. The van der Waals surface area contributed by atoms with Crippen LogP contribution >= 0.6 is 23.8 Å². The van der Waals surface area contributed by atoms with Gasteiger partial charge in [-0.25, -0.2) is 8.42 Å². The molecule has 0 amide bonds. The predicted octanol–water partition coefficient (Wildman–Crippen LogP) is 3.35. The lowest BCUT2D eigenvalue weighted by molar-refractivity contribution is 0.268. The largest absolute Gasteiger partial charge is 0.346 e. The van der Waals surface area contributed by atoms with Crippen LogP contribution in [0.5, 0.6) is 0 Å². The predicted molar refractivity (Wildman–Crippen MR) is 109 cm³/mol. The number of hydrogen-bond donors (Lipinski definition) is 1. The van der Waals surface area contributed by atoms with Gasteiger partial charge in [0.15, 0.2) is 5.11 Å². The van der Waals surface area contributed by atoms with Crippen molar-refractivity contribution in [1.29, 1.82) is 0 Å². The SMILES string of the molecule is Cc1ccc(S(=O)(=O)N2CCN(C(=S)Nc3cccc(Cl)c3)CC2)cc1. The van der Waals surface area contributed by atoms with Gasteiger partial charge in [0.1, 0.15) is 0 Å². The van der Waals surface area contributed by atoms with E-state index in [1.54, 1.807) is 24.3 Å². The zero-order valence-corrected chi connectivity index (χ0v) is 16.7. The molecule has 0 radical (unpaired) electrons. The van der Waals surface area contributed by atoms with Gasteiger partial charge in [0.05, 0.1) is 4.90 Å². The van der Waals surface area contributed by atoms with Crippen LogP contribution in [0, 0.1) is 6.92 Å². The zero-order valence-electron chi connectivity index (χ0n) is 14.4. The van der Waals surface area contributed by atoms with Gasteiger partial charge in [-0.15, -0.1) is 0 Å². The standard InChI is InChI=1S/C18H20ClN3O2S2/c1-14-5-7-17(8-6-14)26(23,24)22-11-9-21(10-12-22)18(25)20-16-4-2-3-15(19)13-16/h2-8,13H,9-12H2,1H3,(H,20,25). The lowest BCUT2D eigenvalue weighted by Crippen LogP contribution is -2.51. The number of nitrogens with one attached hydrogen (secondary N) is 1. The van der Waals surface area contributed by atoms with E-state index >= 15 is 0 Å². The molecule has 0 spiro atoms. The molecular formula is C18H20ClN3O2S2. The molecule has 138 valence electrons. The van der Waals surface area contributed by atoms with Crippen molar-refractivity contribution in [2.45, 2.75) is 11.8 Å². The van der Waals surface area contributed by atoms with Gasteiger partial charge in [-0.05, 0) is 49.5 Å². The molecule has 1 fully saturated rings. The summed E-state index contributed by atoms with van der Waals surface area (Å²) in [6.45, 7) is 3.80. The Morgan fingerprint density at radius 3 is 2.35 bits per heavy atom. The zero-order chi connectivity index (χ0) is 18.7. The average molecular weight is 410 g/mol. The first-order valence-electron chi connectivity index (χ1n) is 8.24. The van der Waals surface area contributed by atoms with Gasteiger partial charge < -0.3 is 10.2 Å². The molecule has 0 bridgehead atoms. The number of benzene rings is 2. The summed E-state index contributed by atoms with van der Waals surface area (Å²) in [6.07, 6.45) is 0. The van der Waals surface area contributed by atoms with Crippen LogP contribution in [0.4, 0.5) is 5.69 Å². The first-order valence-corrected chi connectivity index (χ1v) is 10.5. The van der Waals surface area contributed by atoms with E-state index in [1.807, 2.05) is 36.1 Å². The van der Waals surface area contributed by atoms with Gasteiger partial charge in [0, 0.05) is 36.9 Å². The average Bonchev–Trinajstić information content (AvgIpc) is 2.62. The van der Waals surface area contributed by atoms with E-state index in [1.165, 1.54) is 4.31 Å². The fraction of sp³-hybridized carbons (Fsp3) is 0.278. The van der Waals surface area contributed by atoms with Crippen LogP contribution in [0.3, 0.4) is 0 Å². The molecule has 1 N–H and O–H groups in total. The highest BCUT2D eigenvalue weighted by Crippen LogP contribution is 2.19. The number of piperazine rings is 1. The maximum absolute atomic E-state index is 12.7. The summed E-state index contributed by atoms with van der Waals surface area (Å²) in [7, 11) is -3.47. The number of anilines is 1. The monoisotopic (exact) mass is 409 g/mol. The van der Waals surface area contributed by atoms with Crippen molar-refractivity contribution in [2.75, 3.05) is 31.5 Å². The highest BCUT2D eigenvalue weighted by molar-refractivity contribution is 7.89. The second-order valence-corrected chi connectivity index (χ2v) is 8.91. The molecule has 2 aromatic carbocycles. The number of nitrogens with zero attached hydrogens (tertiary/aromatic N) is 2. The van der Waals surface area contributed by atoms with Crippen LogP contribution in [0.25, 0.3) is 0 Å². The molecule has 0 aliphatic carbocycles. The molecule has 2 aromatic rings. The topological polar surface area (TPSA) is 52.7 Å². The van der Waals surface area contributed by atoms with E-state index in [0.29, 0.717) is 41.2 Å². The Kier molecular flexibility index (Phi) is 5.82. The van der Waals surface area contributed by atoms with Crippen molar-refractivity contribution in [3.63, 3.8) is 0 Å². The number of halogens is 1. The highest BCUT2D eigenvalue weighted by atomic mass is 35.5. The number of thiocarbonyl (C=S) groups is 1. The second kappa shape index (κ2) is 7.92. The summed E-state index contributed by atoms with van der Waals surface area (Å²) in [6, 6.07) is 14.3. The quantitative estimate of drug-likeness (QED) is 0.788. The fourth-order valence-electron chi connectivity index (χ4n) is 2.76. The molecule has 5 nitrogen and oxygen atoms in total. The van der Waals surface area contributed by atoms with E-state index in [2.05, 4.69) is 5.32 Å². The first kappa shape index (κ1) is 19.1. The minimum atomic E-state index is -3.47. The number of rotatable bonds is 3. The minimum absolute atomic E-state index is 0.330. The molecule has 0 aromatic heterocycles. The van der Waals surface area contributed by atoms with Gasteiger partial charge in [-0.2, -0.15) is 4.31 Å². The summed E-state index contributed by atoms with van der Waals surface area (Å²) in [5.41, 5.74) is 1.85. The summed E-state index contributed by atoms with van der Waals surface area (Å²) in [5, 5.41) is 4.35. The Balaban J connectivity index is 1.61. The van der Waals surface area contributed by atoms with Gasteiger partial charge in [0.25, 0.3) is 0 Å². The van der Waals surface area contributed by atoms with Crippen molar-refractivity contribution < 1.29 is 8.42 Å². The third kappa shape index (κ3) is 4.35. The number of sulfonamides is 1. The normalized spacial score (nSPS) is 15.7. The van der Waals surface area contributed by atoms with Gasteiger partial charge in [-0.3, -0.25) is 0 Å². The molecule has 0 atom stereocenters. The van der Waals surface area contributed by atoms with E-state index in [9.17, 15) is 8.42 Å². The Morgan fingerprint density at radius 1 is 1.08 bits per heavy atom. The first-order chi connectivity index (χ1) is 12.4. The van der Waals surface area contributed by atoms with Crippen LogP contribution in [0.15, 0.2) is 53.4 Å². The molecule has 1 heterocycles. The van der Waals surface area contributed by atoms with Crippen LogP contribution in [-0.4, -0.2) is 48.9 Å². The van der Waals surface area contributed by atoms with E-state index in [4.69, 9.17) is 23.8 Å². The van der Waals surface area contributed by atoms with Crippen LogP contribution in [0.1, 0.15) is 5.56 Å². The summed E-state index contributed by atoms with van der Waals surface area (Å²) in [4.78, 5) is 2.30. The van der Waals surface area contributed by atoms with Gasteiger partial charge in [0.2, 0.25) is 10.0 Å². The highest BCUT2D eigenvalue weighted by Gasteiger charge is 2.29. The Labute approximate surface area is 164 Å². The molecule has 26 heavy (non-hydrogen) atoms. The van der Waals surface area contributed by atoms with Crippen LogP contribution in [0.2, 0.25) is 5.02 Å². The second-order valence-electron chi connectivity index (χ2n) is 6.14. The molecule has 0 saturated carbocycles. The van der Waals surface area contributed by atoms with Crippen molar-refractivity contribution in [2.24, 2.45) is 0 Å². The molecule has 0 unspecified atom stereocenters. The maximum atomic E-state index is 12.7. The van der Waals surface area contributed by atoms with Gasteiger partial charge in [-0.1, -0.05) is 35.4 Å². The molecule has 8 heteroatoms. The van der Waals surface area contributed by atoms with Crippen LogP contribution in [-0.2, 0) is 10.0 Å². The Morgan fingerprint density at radius 2 is 1.73 bits per heavy atom. The molecule has 1 saturated heterocycles. The van der Waals surface area contributed by atoms with Crippen molar-refractivity contribution in [1.82, 2.24) is 9.21 Å². The van der Waals surface area contributed by atoms with E-state index < -0.39 is 10.0 Å². The Bertz CT molecular complexity index is 893. The number of aryl methyl sites for hydroxylation is 1. The summed E-state index contributed by atoms with van der Waals surface area (Å²) in [5.74, 6) is 0. The molecule has 1 aliphatic heterocycles. The molecular weight excluding hydrogens is 390 g/mol. The Hall–Kier alpha value is -1.67. The van der Waals surface area contributed by atoms with Crippen molar-refractivity contribution in [3.05, 3.63) is 59.1 Å². The lowest BCUT2D eigenvalue weighted by Gasteiger charge is -2.35. The summed E-state index contributed by atoms with van der Waals surface area (Å²) >= 11 is 11.4. The third-order valence-electron chi connectivity index (χ3n) is 4.26. The third-order valence-corrected chi connectivity index (χ3v) is 6.77. The van der Waals surface area contributed by atoms with Gasteiger partial charge >= 0.3 is 0 Å². The fourth-order valence-corrected chi connectivity index (χ4v) is 4.67. The molecule has 3 rings (SSSR count). The van der Waals surface area contributed by atoms with Crippen LogP contribution < -0.4 is 5.32 Å². The minimum Gasteiger partial charge on any atom is -0.346 e.